The van der Waals surface area contributed by atoms with Crippen molar-refractivity contribution in [2.75, 3.05) is 9.80 Å². The summed E-state index contributed by atoms with van der Waals surface area (Å²) in [5.74, 6) is 0.166. The monoisotopic (exact) mass is 1040 g/mol. The van der Waals surface area contributed by atoms with Crippen molar-refractivity contribution in [3.05, 3.63) is 182 Å². The van der Waals surface area contributed by atoms with Crippen LogP contribution in [0.5, 0.6) is 0 Å². The van der Waals surface area contributed by atoms with Gasteiger partial charge in [-0.3, -0.25) is 0 Å². The molecule has 0 saturated heterocycles. The van der Waals surface area contributed by atoms with E-state index < -0.39 is 0 Å². The highest BCUT2D eigenvalue weighted by Gasteiger charge is 2.66. The van der Waals surface area contributed by atoms with Crippen LogP contribution in [0.15, 0.2) is 132 Å². The van der Waals surface area contributed by atoms with Gasteiger partial charge in [-0.1, -0.05) is 196 Å². The van der Waals surface area contributed by atoms with E-state index in [2.05, 4.69) is 261 Å². The lowest BCUT2D eigenvalue weighted by atomic mass is 9.35. The molecule has 1 saturated carbocycles. The Morgan fingerprint density at radius 1 is 0.545 bits per heavy atom. The van der Waals surface area contributed by atoms with Crippen molar-refractivity contribution in [1.29, 1.82) is 0 Å². The maximum Gasteiger partial charge on any atom is 0.259 e. The van der Waals surface area contributed by atoms with Crippen LogP contribution in [0.25, 0.3) is 0 Å². The van der Waals surface area contributed by atoms with Crippen molar-refractivity contribution >= 4 is 57.8 Å². The van der Waals surface area contributed by atoms with Crippen LogP contribution in [0.3, 0.4) is 0 Å². The molecular weight excluding hydrogens is 948 g/mol. The molecule has 0 radical (unpaired) electrons. The number of thioether (sulfide) groups is 1. The first-order valence-corrected chi connectivity index (χ1v) is 30.7. The minimum Gasteiger partial charge on any atom is -0.314 e. The standard InChI is InChI=1S/C73H89BN2S/c1-46-40-53-55(69(9,10)36-34-67(53,5)6)44-58(46)76-59-45-56-54(68(7,8)35-37-70(56,11)12)43-57(59)74-62-60(41-49(42-61(62)76)52(48-26-22-19-23-27-48)33-28-47-24-20-18-21-25-47)75(51-31-29-50(30-32-51)66(2,3)4)63-64(74)77-65-71(13,14)38-39-72(15,16)73(63,65)17/h18-27,29-32,40-45,52,65H,28,33-39H2,1-17H3. The van der Waals surface area contributed by atoms with Crippen LogP contribution in [0.2, 0.25) is 0 Å². The van der Waals surface area contributed by atoms with Gasteiger partial charge >= 0.3 is 0 Å². The van der Waals surface area contributed by atoms with E-state index in [4.69, 9.17) is 0 Å². The van der Waals surface area contributed by atoms with E-state index in [1.807, 2.05) is 0 Å². The smallest absolute Gasteiger partial charge is 0.259 e. The van der Waals surface area contributed by atoms with Crippen molar-refractivity contribution in [2.24, 2.45) is 16.2 Å². The first-order chi connectivity index (χ1) is 36.1. The van der Waals surface area contributed by atoms with Gasteiger partial charge in [0.15, 0.2) is 0 Å². The molecule has 12 rings (SSSR count). The number of hydrogen-bond acceptors (Lipinski definition) is 3. The van der Waals surface area contributed by atoms with Gasteiger partial charge in [0.05, 0.1) is 0 Å². The highest BCUT2D eigenvalue weighted by Crippen LogP contribution is 2.72. The lowest BCUT2D eigenvalue weighted by Gasteiger charge is -2.58. The van der Waals surface area contributed by atoms with Crippen LogP contribution in [0.1, 0.15) is 212 Å². The highest BCUT2D eigenvalue weighted by molar-refractivity contribution is 8.06. The molecule has 3 atom stereocenters. The summed E-state index contributed by atoms with van der Waals surface area (Å²) >= 11 is 2.28. The average Bonchev–Trinajstić information content (AvgIpc) is 4.00. The normalized spacial score (nSPS) is 24.0. The van der Waals surface area contributed by atoms with Gasteiger partial charge in [0.2, 0.25) is 0 Å². The van der Waals surface area contributed by atoms with Crippen LogP contribution >= 0.6 is 11.8 Å². The molecule has 0 amide bonds. The molecule has 3 aliphatic heterocycles. The Hall–Kier alpha value is -4.93. The van der Waals surface area contributed by atoms with E-state index in [1.54, 1.807) is 16.1 Å². The fourth-order valence-corrected chi connectivity index (χ4v) is 18.0. The fourth-order valence-electron chi connectivity index (χ4n) is 15.9. The predicted octanol–water partition coefficient (Wildman–Crippen LogP) is 19.0. The van der Waals surface area contributed by atoms with Crippen molar-refractivity contribution in [3.63, 3.8) is 0 Å². The molecular formula is C73H89BN2S. The van der Waals surface area contributed by atoms with E-state index in [-0.39, 0.29) is 56.0 Å². The van der Waals surface area contributed by atoms with Crippen molar-refractivity contribution in [2.45, 2.75) is 207 Å². The average molecular weight is 1040 g/mol. The summed E-state index contributed by atoms with van der Waals surface area (Å²) < 4.78 is 0. The second kappa shape index (κ2) is 17.5. The first-order valence-electron chi connectivity index (χ1n) is 29.8. The molecule has 6 aromatic rings. The summed E-state index contributed by atoms with van der Waals surface area (Å²) in [5.41, 5.74) is 24.7. The zero-order chi connectivity index (χ0) is 54.8. The van der Waals surface area contributed by atoms with Gasteiger partial charge in [-0.05, 0) is 198 Å². The van der Waals surface area contributed by atoms with Crippen molar-refractivity contribution in [3.8, 4) is 0 Å². The quantitative estimate of drug-likeness (QED) is 0.147. The van der Waals surface area contributed by atoms with E-state index >= 15 is 0 Å². The number of hydrogen-bond donors (Lipinski definition) is 0. The predicted molar refractivity (Wildman–Crippen MR) is 335 cm³/mol. The molecule has 3 aliphatic carbocycles. The van der Waals surface area contributed by atoms with Crippen LogP contribution in [-0.2, 0) is 33.5 Å². The van der Waals surface area contributed by atoms with Crippen LogP contribution in [-0.4, -0.2) is 12.0 Å². The Morgan fingerprint density at radius 2 is 1.06 bits per heavy atom. The fraction of sp³-hybridized carbons (Fsp3) is 0.479. The molecule has 77 heavy (non-hydrogen) atoms. The van der Waals surface area contributed by atoms with Gasteiger partial charge in [0, 0.05) is 50.7 Å². The zero-order valence-corrected chi connectivity index (χ0v) is 51.1. The number of nitrogens with zero attached hydrogens (tertiary/aromatic N) is 2. The number of benzene rings is 6. The summed E-state index contributed by atoms with van der Waals surface area (Å²) in [6, 6.07) is 48.9. The van der Waals surface area contributed by atoms with E-state index in [9.17, 15) is 0 Å². The number of fused-ring (bicyclic) bond motifs is 7. The Labute approximate surface area is 470 Å². The lowest BCUT2D eigenvalue weighted by molar-refractivity contribution is 0.0122. The summed E-state index contributed by atoms with van der Waals surface area (Å²) in [7, 11) is 0. The minimum atomic E-state index is -0.127. The lowest BCUT2D eigenvalue weighted by Crippen LogP contribution is -2.58. The van der Waals surface area contributed by atoms with Crippen molar-refractivity contribution < 1.29 is 0 Å². The molecule has 0 N–H and O–H groups in total. The summed E-state index contributed by atoms with van der Waals surface area (Å²) in [4.78, 5) is 7.30. The number of allylic oxidation sites excluding steroid dienone is 1. The van der Waals surface area contributed by atoms with Crippen LogP contribution in [0.4, 0.5) is 28.4 Å². The van der Waals surface area contributed by atoms with Gasteiger partial charge in [-0.25, -0.2) is 0 Å². The summed E-state index contributed by atoms with van der Waals surface area (Å²) in [6.45, 7) is 42.9. The Morgan fingerprint density at radius 3 is 1.64 bits per heavy atom. The van der Waals surface area contributed by atoms with Gasteiger partial charge < -0.3 is 9.80 Å². The van der Waals surface area contributed by atoms with E-state index in [0.717, 1.165) is 12.8 Å². The Bertz CT molecular complexity index is 3360. The SMILES string of the molecule is Cc1cc2c(cc1N1c3cc4c(cc3B3C5=C(N(c6ccc(C(C)(C)C)cc6)c6cc(C(CCc7ccccc7)c7ccccc7)cc1c63)C1(C)C(S5)C(C)(C)CCC1(C)C)C(C)(C)CCC4(C)C)C(C)(C)CCC2(C)C. The molecule has 400 valence electrons. The second-order valence-electron chi connectivity index (χ2n) is 30.3. The van der Waals surface area contributed by atoms with Crippen molar-refractivity contribution in [1.82, 2.24) is 0 Å². The molecule has 2 nitrogen and oxygen atoms in total. The second-order valence-corrected chi connectivity index (χ2v) is 31.5. The number of rotatable bonds is 7. The third kappa shape index (κ3) is 8.14. The maximum absolute atomic E-state index is 2.87. The molecule has 6 aromatic carbocycles. The molecule has 1 fully saturated rings. The minimum absolute atomic E-state index is 0.0363. The first kappa shape index (κ1) is 52.8. The molecule has 0 spiro atoms. The third-order valence-electron chi connectivity index (χ3n) is 21.5. The summed E-state index contributed by atoms with van der Waals surface area (Å²) in [6.07, 6.45) is 9.19. The molecule has 6 aliphatic rings. The van der Waals surface area contributed by atoms with E-state index in [0.29, 0.717) is 5.25 Å². The number of aryl methyl sites for hydroxylation is 2. The van der Waals surface area contributed by atoms with Gasteiger partial charge in [0.1, 0.15) is 0 Å². The molecule has 3 unspecified atom stereocenters. The van der Waals surface area contributed by atoms with Gasteiger partial charge in [-0.2, -0.15) is 0 Å². The van der Waals surface area contributed by atoms with Crippen LogP contribution < -0.4 is 20.7 Å². The molecule has 4 heteroatoms. The molecule has 0 bridgehead atoms. The third-order valence-corrected chi connectivity index (χ3v) is 23.6. The van der Waals surface area contributed by atoms with Crippen LogP contribution in [0, 0.1) is 23.2 Å². The Kier molecular flexibility index (Phi) is 12.0. The maximum atomic E-state index is 2.87. The topological polar surface area (TPSA) is 6.48 Å². The number of anilines is 5. The van der Waals surface area contributed by atoms with E-state index in [1.165, 1.54) is 122 Å². The van der Waals surface area contributed by atoms with Gasteiger partial charge in [-0.15, -0.1) is 11.8 Å². The molecule has 0 aromatic heterocycles. The highest BCUT2D eigenvalue weighted by atomic mass is 32.2. The van der Waals surface area contributed by atoms with Gasteiger partial charge in [0.25, 0.3) is 6.71 Å². The summed E-state index contributed by atoms with van der Waals surface area (Å²) in [5, 5.41) is 0.406. The Balaban J connectivity index is 1.24. The largest absolute Gasteiger partial charge is 0.314 e. The zero-order valence-electron chi connectivity index (χ0n) is 50.2. The molecule has 3 heterocycles.